The predicted octanol–water partition coefficient (Wildman–Crippen LogP) is 2.66. The minimum Gasteiger partial charge on any atom is -0.395 e. The van der Waals surface area contributed by atoms with Gasteiger partial charge in [-0.15, -0.1) is 11.8 Å². The maximum atomic E-state index is 12.7. The molecule has 0 aromatic heterocycles. The van der Waals surface area contributed by atoms with Gasteiger partial charge in [-0.2, -0.15) is 13.2 Å². The summed E-state index contributed by atoms with van der Waals surface area (Å²) >= 11 is 1.29. The van der Waals surface area contributed by atoms with Crippen molar-refractivity contribution in [2.24, 2.45) is 0 Å². The van der Waals surface area contributed by atoms with Crippen LogP contribution in [0, 0.1) is 0 Å². The van der Waals surface area contributed by atoms with E-state index in [0.717, 1.165) is 12.1 Å². The van der Waals surface area contributed by atoms with Crippen LogP contribution in [0.5, 0.6) is 0 Å². The van der Waals surface area contributed by atoms with E-state index in [4.69, 9.17) is 5.11 Å². The molecule has 3 nitrogen and oxygen atoms in total. The number of carbonyl (C=O) groups excluding carboxylic acids is 1. The summed E-state index contributed by atoms with van der Waals surface area (Å²) in [7, 11) is 0. The molecule has 0 unspecified atom stereocenters. The van der Waals surface area contributed by atoms with Gasteiger partial charge in [0.05, 0.1) is 17.4 Å². The van der Waals surface area contributed by atoms with Gasteiger partial charge in [0.1, 0.15) is 5.37 Å². The van der Waals surface area contributed by atoms with E-state index < -0.39 is 17.1 Å². The number of nitrogens with zero attached hydrogens (tertiary/aromatic N) is 1. The molecule has 2 atom stereocenters. The highest BCUT2D eigenvalue weighted by Gasteiger charge is 2.39. The summed E-state index contributed by atoms with van der Waals surface area (Å²) < 4.78 is 38.2. The Morgan fingerprint density at radius 2 is 2.10 bits per heavy atom. The van der Waals surface area contributed by atoms with Gasteiger partial charge in [-0.3, -0.25) is 4.79 Å². The first-order valence-electron chi connectivity index (χ1n) is 6.08. The van der Waals surface area contributed by atoms with Crippen LogP contribution in [-0.4, -0.2) is 34.3 Å². The van der Waals surface area contributed by atoms with E-state index in [-0.39, 0.29) is 24.3 Å². The Labute approximate surface area is 118 Å². The van der Waals surface area contributed by atoms with E-state index in [1.807, 2.05) is 0 Å². The molecule has 0 radical (unpaired) electrons. The molecule has 1 amide bonds. The summed E-state index contributed by atoms with van der Waals surface area (Å²) in [5.74, 6) is -0.161. The fourth-order valence-electron chi connectivity index (χ4n) is 2.14. The SMILES string of the molecule is C[C@H]1S[C@@H](c2cccc(C(F)(F)F)c2)N(CCO)C1=O. The van der Waals surface area contributed by atoms with Gasteiger partial charge in [0.25, 0.3) is 0 Å². The quantitative estimate of drug-likeness (QED) is 0.933. The predicted molar refractivity (Wildman–Crippen MR) is 70.0 cm³/mol. The van der Waals surface area contributed by atoms with Crippen molar-refractivity contribution in [3.8, 4) is 0 Å². The van der Waals surface area contributed by atoms with Gasteiger partial charge in [0, 0.05) is 6.54 Å². The highest BCUT2D eigenvalue weighted by atomic mass is 32.2. The topological polar surface area (TPSA) is 40.5 Å². The minimum atomic E-state index is -4.41. The number of rotatable bonds is 3. The molecule has 1 aromatic rings. The molecule has 110 valence electrons. The molecule has 0 aliphatic carbocycles. The molecule has 7 heteroatoms. The van der Waals surface area contributed by atoms with Crippen LogP contribution < -0.4 is 0 Å². The zero-order chi connectivity index (χ0) is 14.9. The molecular formula is C13H14F3NO2S. The van der Waals surface area contributed by atoms with Gasteiger partial charge in [0.15, 0.2) is 0 Å². The maximum absolute atomic E-state index is 12.7. The third kappa shape index (κ3) is 2.93. The van der Waals surface area contributed by atoms with Gasteiger partial charge in [-0.25, -0.2) is 0 Å². The summed E-state index contributed by atoms with van der Waals surface area (Å²) in [4.78, 5) is 13.4. The van der Waals surface area contributed by atoms with E-state index in [1.54, 1.807) is 13.0 Å². The first-order chi connectivity index (χ1) is 9.34. The van der Waals surface area contributed by atoms with E-state index >= 15 is 0 Å². The number of aliphatic hydroxyl groups is 1. The molecule has 20 heavy (non-hydrogen) atoms. The number of hydrogen-bond donors (Lipinski definition) is 1. The number of amides is 1. The van der Waals surface area contributed by atoms with Crippen molar-refractivity contribution in [1.29, 1.82) is 0 Å². The first kappa shape index (κ1) is 15.2. The molecule has 0 saturated carbocycles. The number of aliphatic hydroxyl groups excluding tert-OH is 1. The summed E-state index contributed by atoms with van der Waals surface area (Å²) in [5.41, 5.74) is -0.303. The number of carbonyl (C=O) groups is 1. The second-order valence-corrected chi connectivity index (χ2v) is 5.93. The molecule has 1 fully saturated rings. The zero-order valence-electron chi connectivity index (χ0n) is 10.7. The largest absolute Gasteiger partial charge is 0.416 e. The Hall–Kier alpha value is -1.21. The molecule has 1 aliphatic heterocycles. The third-order valence-electron chi connectivity index (χ3n) is 3.09. The van der Waals surface area contributed by atoms with Crippen LogP contribution in [0.25, 0.3) is 0 Å². The van der Waals surface area contributed by atoms with E-state index in [1.165, 1.54) is 22.7 Å². The smallest absolute Gasteiger partial charge is 0.395 e. The average Bonchev–Trinajstić information content (AvgIpc) is 2.67. The van der Waals surface area contributed by atoms with Crippen LogP contribution in [-0.2, 0) is 11.0 Å². The van der Waals surface area contributed by atoms with Gasteiger partial charge < -0.3 is 10.0 Å². The van der Waals surface area contributed by atoms with Crippen LogP contribution in [0.3, 0.4) is 0 Å². The fourth-order valence-corrected chi connectivity index (χ4v) is 3.43. The Morgan fingerprint density at radius 3 is 2.70 bits per heavy atom. The lowest BCUT2D eigenvalue weighted by Crippen LogP contribution is -2.32. The Bertz CT molecular complexity index is 507. The number of alkyl halides is 3. The Kier molecular flexibility index (Phi) is 4.29. The van der Waals surface area contributed by atoms with Gasteiger partial charge in [-0.05, 0) is 24.6 Å². The number of benzene rings is 1. The lowest BCUT2D eigenvalue weighted by atomic mass is 10.1. The number of β-amino-alcohol motifs (C(OH)–C–C–N with tert-alkyl or cyclic N) is 1. The summed E-state index contributed by atoms with van der Waals surface area (Å²) in [5, 5.41) is 8.20. The highest BCUT2D eigenvalue weighted by Crippen LogP contribution is 2.43. The van der Waals surface area contributed by atoms with Crippen molar-refractivity contribution in [2.75, 3.05) is 13.2 Å². The zero-order valence-corrected chi connectivity index (χ0v) is 11.5. The minimum absolute atomic E-state index is 0.122. The highest BCUT2D eigenvalue weighted by molar-refractivity contribution is 8.01. The van der Waals surface area contributed by atoms with E-state index in [0.29, 0.717) is 5.56 Å². The molecule has 1 aliphatic rings. The van der Waals surface area contributed by atoms with Crippen LogP contribution in [0.1, 0.15) is 23.4 Å². The Balaban J connectivity index is 2.33. The van der Waals surface area contributed by atoms with Crippen molar-refractivity contribution >= 4 is 17.7 Å². The van der Waals surface area contributed by atoms with Crippen molar-refractivity contribution in [2.45, 2.75) is 23.7 Å². The molecule has 1 N–H and O–H groups in total. The number of hydrogen-bond acceptors (Lipinski definition) is 3. The normalized spacial score (nSPS) is 23.4. The van der Waals surface area contributed by atoms with Crippen LogP contribution in [0.2, 0.25) is 0 Å². The average molecular weight is 305 g/mol. The lowest BCUT2D eigenvalue weighted by molar-refractivity contribution is -0.137. The van der Waals surface area contributed by atoms with Crippen molar-refractivity contribution < 1.29 is 23.1 Å². The van der Waals surface area contributed by atoms with Crippen LogP contribution in [0.15, 0.2) is 24.3 Å². The third-order valence-corrected chi connectivity index (χ3v) is 4.48. The van der Waals surface area contributed by atoms with Crippen molar-refractivity contribution in [3.63, 3.8) is 0 Å². The van der Waals surface area contributed by atoms with Gasteiger partial charge >= 0.3 is 6.18 Å². The number of thioether (sulfide) groups is 1. The molecule has 1 heterocycles. The summed E-state index contributed by atoms with van der Waals surface area (Å²) in [6.45, 7) is 1.62. The Morgan fingerprint density at radius 1 is 1.40 bits per heavy atom. The van der Waals surface area contributed by atoms with Crippen LogP contribution in [0.4, 0.5) is 13.2 Å². The summed E-state index contributed by atoms with van der Waals surface area (Å²) in [6.07, 6.45) is -4.41. The maximum Gasteiger partial charge on any atom is 0.416 e. The monoisotopic (exact) mass is 305 g/mol. The summed E-state index contributed by atoms with van der Waals surface area (Å²) in [6, 6.07) is 4.98. The lowest BCUT2D eigenvalue weighted by Gasteiger charge is -2.23. The molecule has 0 bridgehead atoms. The fraction of sp³-hybridized carbons (Fsp3) is 0.462. The van der Waals surface area contributed by atoms with E-state index in [9.17, 15) is 18.0 Å². The molecule has 0 spiro atoms. The number of halogens is 3. The van der Waals surface area contributed by atoms with Crippen molar-refractivity contribution in [1.82, 2.24) is 4.90 Å². The molecule has 2 rings (SSSR count). The second kappa shape index (κ2) is 5.65. The molecular weight excluding hydrogens is 291 g/mol. The second-order valence-electron chi connectivity index (χ2n) is 4.51. The van der Waals surface area contributed by atoms with Gasteiger partial charge in [-0.1, -0.05) is 12.1 Å². The van der Waals surface area contributed by atoms with E-state index in [2.05, 4.69) is 0 Å². The molecule has 1 aromatic carbocycles. The van der Waals surface area contributed by atoms with Crippen molar-refractivity contribution in [3.05, 3.63) is 35.4 Å². The first-order valence-corrected chi connectivity index (χ1v) is 7.03. The van der Waals surface area contributed by atoms with Gasteiger partial charge in [0.2, 0.25) is 5.91 Å². The van der Waals surface area contributed by atoms with Crippen LogP contribution >= 0.6 is 11.8 Å². The molecule has 1 saturated heterocycles. The standard InChI is InChI=1S/C13H14F3NO2S/c1-8-11(19)17(5-6-18)12(20-8)9-3-2-4-10(7-9)13(14,15)16/h2-4,7-8,12,18H,5-6H2,1H3/t8-,12+/m1/s1.